The van der Waals surface area contributed by atoms with E-state index in [1.807, 2.05) is 66.7 Å². The number of halogens is 3. The van der Waals surface area contributed by atoms with Crippen molar-refractivity contribution in [3.8, 4) is 50.5 Å². The molecule has 0 radical (unpaired) electrons. The Morgan fingerprint density at radius 3 is 2.07 bits per heavy atom. The fraction of sp³-hybridized carbons (Fsp3) is 0.0303. The van der Waals surface area contributed by atoms with Crippen molar-refractivity contribution in [2.75, 3.05) is 7.11 Å². The average Bonchev–Trinajstić information content (AvgIpc) is 3.00. The summed E-state index contributed by atoms with van der Waals surface area (Å²) in [6.07, 6.45) is 0. The van der Waals surface area contributed by atoms with Crippen molar-refractivity contribution < 1.29 is 19.1 Å². The van der Waals surface area contributed by atoms with Gasteiger partial charge in [0.25, 0.3) is 0 Å². The van der Waals surface area contributed by atoms with E-state index >= 15 is 0 Å². The van der Waals surface area contributed by atoms with Crippen LogP contribution < -0.4 is 5.43 Å². The van der Waals surface area contributed by atoms with Gasteiger partial charge in [0.15, 0.2) is 5.76 Å². The SMILES string of the molecule is COC(=O)c1cc(-c2ccccc2)cc(-c2ccccc2)c1-c1c2cc(Br)c(=O)c(Br)c-2oc2cc(O)c(Br)cc12. The second kappa shape index (κ2) is 10.9. The molecule has 1 N–H and O–H groups in total. The summed E-state index contributed by atoms with van der Waals surface area (Å²) in [6, 6.07) is 28.4. The minimum atomic E-state index is -0.520. The molecule has 0 unspecified atom stereocenters. The molecule has 202 valence electrons. The molecule has 0 amide bonds. The van der Waals surface area contributed by atoms with Gasteiger partial charge in [-0.2, -0.15) is 0 Å². The van der Waals surface area contributed by atoms with Crippen LogP contribution in [0, 0.1) is 0 Å². The van der Waals surface area contributed by atoms with Gasteiger partial charge >= 0.3 is 5.97 Å². The summed E-state index contributed by atoms with van der Waals surface area (Å²) < 4.78 is 12.5. The number of hydrogen-bond acceptors (Lipinski definition) is 5. The third-order valence-corrected chi connectivity index (χ3v) is 8.86. The van der Waals surface area contributed by atoms with Gasteiger partial charge in [0.05, 0.1) is 21.6 Å². The summed E-state index contributed by atoms with van der Waals surface area (Å²) in [7, 11) is 1.35. The maximum Gasteiger partial charge on any atom is 0.338 e. The highest BCUT2D eigenvalue weighted by molar-refractivity contribution is 9.11. The highest BCUT2D eigenvalue weighted by Crippen LogP contribution is 2.49. The number of carbonyl (C=O) groups is 1. The van der Waals surface area contributed by atoms with Crippen molar-refractivity contribution in [3.05, 3.63) is 120 Å². The Morgan fingerprint density at radius 1 is 0.756 bits per heavy atom. The first-order valence-corrected chi connectivity index (χ1v) is 14.8. The number of rotatable bonds is 4. The molecule has 1 aliphatic carbocycles. The van der Waals surface area contributed by atoms with E-state index in [-0.39, 0.29) is 21.4 Å². The van der Waals surface area contributed by atoms with E-state index < -0.39 is 5.97 Å². The van der Waals surface area contributed by atoms with Crippen LogP contribution in [0.2, 0.25) is 0 Å². The summed E-state index contributed by atoms with van der Waals surface area (Å²) >= 11 is 10.3. The van der Waals surface area contributed by atoms with Crippen LogP contribution in [0.25, 0.3) is 55.7 Å². The number of aromatic hydroxyl groups is 1. The lowest BCUT2D eigenvalue weighted by Crippen LogP contribution is -2.09. The molecule has 2 aliphatic rings. The summed E-state index contributed by atoms with van der Waals surface area (Å²) in [5.41, 5.74) is 5.64. The number of phenols is 1. The van der Waals surface area contributed by atoms with Gasteiger partial charge in [0, 0.05) is 28.1 Å². The fourth-order valence-corrected chi connectivity index (χ4v) is 6.59. The van der Waals surface area contributed by atoms with E-state index in [2.05, 4.69) is 53.9 Å². The van der Waals surface area contributed by atoms with Crippen molar-refractivity contribution in [1.82, 2.24) is 0 Å². The third kappa shape index (κ3) is 4.80. The third-order valence-electron chi connectivity index (χ3n) is 6.92. The molecular weight excluding hydrogens is 716 g/mol. The molecule has 1 heterocycles. The van der Waals surface area contributed by atoms with Crippen molar-refractivity contribution in [1.29, 1.82) is 0 Å². The molecule has 0 fully saturated rings. The zero-order valence-electron chi connectivity index (χ0n) is 21.4. The quantitative estimate of drug-likeness (QED) is 0.144. The molecule has 6 rings (SSSR count). The van der Waals surface area contributed by atoms with E-state index in [0.717, 1.165) is 22.3 Å². The van der Waals surface area contributed by atoms with Crippen molar-refractivity contribution >= 4 is 64.7 Å². The fourth-order valence-electron chi connectivity index (χ4n) is 5.04. The molecule has 5 nitrogen and oxygen atoms in total. The number of phenolic OH excluding ortho intramolecular Hbond substituents is 1. The Morgan fingerprint density at radius 2 is 1.41 bits per heavy atom. The van der Waals surface area contributed by atoms with Crippen LogP contribution in [0.1, 0.15) is 10.4 Å². The van der Waals surface area contributed by atoms with Gasteiger partial charge in [-0.25, -0.2) is 4.79 Å². The van der Waals surface area contributed by atoms with E-state index in [4.69, 9.17) is 9.15 Å². The first-order chi connectivity index (χ1) is 19.8. The van der Waals surface area contributed by atoms with Gasteiger partial charge in [0.1, 0.15) is 15.8 Å². The molecule has 1 aliphatic heterocycles. The second-order valence-corrected chi connectivity index (χ2v) is 11.8. The standard InChI is InChI=1S/C33H19Br3O5/c1-40-33(39)23-13-19(17-8-4-2-5-9-17)12-20(18-10-6-3-7-11-18)28(23)29-21-14-24(34)26(37)16-27(21)41-32-22(29)15-25(35)31(38)30(32)36/h2-16,37H,1H3. The van der Waals surface area contributed by atoms with Crippen molar-refractivity contribution in [2.45, 2.75) is 0 Å². The number of benzene rings is 5. The summed E-state index contributed by atoms with van der Waals surface area (Å²) in [6.45, 7) is 0. The van der Waals surface area contributed by atoms with Crippen LogP contribution in [0.3, 0.4) is 0 Å². The monoisotopic (exact) mass is 732 g/mol. The van der Waals surface area contributed by atoms with Crippen LogP contribution in [-0.4, -0.2) is 18.2 Å². The Hall–Kier alpha value is -3.72. The topological polar surface area (TPSA) is 76.7 Å². The molecule has 0 saturated carbocycles. The summed E-state index contributed by atoms with van der Waals surface area (Å²) in [5, 5.41) is 11.2. The van der Waals surface area contributed by atoms with Gasteiger partial charge in [-0.15, -0.1) is 0 Å². The van der Waals surface area contributed by atoms with Gasteiger partial charge < -0.3 is 14.3 Å². The lowest BCUT2D eigenvalue weighted by molar-refractivity contribution is 0.0601. The van der Waals surface area contributed by atoms with E-state index in [1.165, 1.54) is 13.2 Å². The molecule has 4 aromatic carbocycles. The molecule has 0 atom stereocenters. The van der Waals surface area contributed by atoms with Gasteiger partial charge in [-0.05, 0) is 94.3 Å². The van der Waals surface area contributed by atoms with E-state index in [1.54, 1.807) is 12.1 Å². The normalized spacial score (nSPS) is 11.2. The zero-order chi connectivity index (χ0) is 28.8. The molecule has 4 aromatic rings. The second-order valence-electron chi connectivity index (χ2n) is 9.33. The first-order valence-electron chi connectivity index (χ1n) is 12.4. The number of methoxy groups -OCH3 is 1. The predicted molar refractivity (Wildman–Crippen MR) is 172 cm³/mol. The Bertz CT molecular complexity index is 2000. The molecule has 0 bridgehead atoms. The van der Waals surface area contributed by atoms with Gasteiger partial charge in [-0.3, -0.25) is 4.79 Å². The Kier molecular flexibility index (Phi) is 7.32. The Labute approximate surface area is 260 Å². The smallest absolute Gasteiger partial charge is 0.338 e. The average molecular weight is 735 g/mol. The maximum atomic E-state index is 13.6. The number of ether oxygens (including phenoxy) is 1. The minimum absolute atomic E-state index is 0.0296. The van der Waals surface area contributed by atoms with Crippen LogP contribution >= 0.6 is 47.8 Å². The van der Waals surface area contributed by atoms with E-state index in [9.17, 15) is 14.7 Å². The van der Waals surface area contributed by atoms with Crippen molar-refractivity contribution in [2.24, 2.45) is 0 Å². The van der Waals surface area contributed by atoms with Crippen LogP contribution in [0.5, 0.6) is 5.75 Å². The number of hydrogen-bond donors (Lipinski definition) is 1. The zero-order valence-corrected chi connectivity index (χ0v) is 26.1. The van der Waals surface area contributed by atoms with Crippen LogP contribution in [-0.2, 0) is 4.74 Å². The lowest BCUT2D eigenvalue weighted by Gasteiger charge is -2.22. The highest BCUT2D eigenvalue weighted by atomic mass is 79.9. The maximum absolute atomic E-state index is 13.6. The molecule has 0 aromatic heterocycles. The summed E-state index contributed by atoms with van der Waals surface area (Å²) in [5.74, 6) is -0.268. The predicted octanol–water partition coefficient (Wildman–Crippen LogP) is 9.68. The highest BCUT2D eigenvalue weighted by Gasteiger charge is 2.29. The summed E-state index contributed by atoms with van der Waals surface area (Å²) in [4.78, 5) is 26.5. The molecule has 8 heteroatoms. The molecule has 0 saturated heterocycles. The number of esters is 1. The largest absolute Gasteiger partial charge is 0.507 e. The number of fused-ring (bicyclic) bond motifs is 2. The molecule has 41 heavy (non-hydrogen) atoms. The van der Waals surface area contributed by atoms with Crippen LogP contribution in [0.4, 0.5) is 0 Å². The van der Waals surface area contributed by atoms with Crippen LogP contribution in [0.15, 0.2) is 114 Å². The number of carbonyl (C=O) groups excluding carboxylic acids is 1. The van der Waals surface area contributed by atoms with Gasteiger partial charge in [-0.1, -0.05) is 60.7 Å². The molecule has 0 spiro atoms. The van der Waals surface area contributed by atoms with Gasteiger partial charge in [0.2, 0.25) is 5.43 Å². The molecular formula is C33H19Br3O5. The first kappa shape index (κ1) is 27.4. The lowest BCUT2D eigenvalue weighted by atomic mass is 9.83. The van der Waals surface area contributed by atoms with E-state index in [0.29, 0.717) is 42.2 Å². The minimum Gasteiger partial charge on any atom is -0.507 e. The van der Waals surface area contributed by atoms with Crippen molar-refractivity contribution in [3.63, 3.8) is 0 Å². The Balaban J connectivity index is 1.87.